The lowest BCUT2D eigenvalue weighted by Gasteiger charge is -2.17. The molecule has 0 radical (unpaired) electrons. The monoisotopic (exact) mass is 421 g/mol. The molecule has 2 aromatic heterocycles. The molecule has 0 aliphatic heterocycles. The Bertz CT molecular complexity index is 941. The fraction of sp³-hybridized carbons (Fsp3) is 0.250. The van der Waals surface area contributed by atoms with Crippen molar-refractivity contribution < 1.29 is 17.9 Å². The number of aryl methyl sites for hydroxylation is 1. The zero-order valence-electron chi connectivity index (χ0n) is 13.7. The van der Waals surface area contributed by atoms with Gasteiger partial charge in [0.25, 0.3) is 0 Å². The summed E-state index contributed by atoms with van der Waals surface area (Å²) in [4.78, 5) is 28.5. The van der Waals surface area contributed by atoms with Gasteiger partial charge in [0.15, 0.2) is 5.82 Å². The van der Waals surface area contributed by atoms with Gasteiger partial charge in [0, 0.05) is 7.05 Å². The number of urea groups is 1. The third-order valence-corrected chi connectivity index (χ3v) is 4.19. The molecule has 0 fully saturated rings. The highest BCUT2D eigenvalue weighted by atomic mass is 35.5. The van der Waals surface area contributed by atoms with Gasteiger partial charge in [-0.1, -0.05) is 23.2 Å². The molecule has 2 amide bonds. The topological polar surface area (TPSA) is 139 Å². The van der Waals surface area contributed by atoms with Crippen molar-refractivity contribution in [3.8, 4) is 6.01 Å². The Hall–Kier alpha value is -2.44. The first kappa shape index (κ1) is 19.9. The van der Waals surface area contributed by atoms with Gasteiger partial charge in [-0.3, -0.25) is 4.90 Å². The Morgan fingerprint density at radius 1 is 1.19 bits per heavy atom. The molecule has 0 aliphatic rings. The summed E-state index contributed by atoms with van der Waals surface area (Å²) >= 11 is 11.5. The number of rotatable bonds is 5. The Balaban J connectivity index is 2.17. The van der Waals surface area contributed by atoms with Gasteiger partial charge in [-0.15, -0.1) is 0 Å². The molecule has 0 unspecified atom stereocenters. The molecule has 2 heterocycles. The largest absolute Gasteiger partial charge is 0.467 e. The van der Waals surface area contributed by atoms with Crippen molar-refractivity contribution >= 4 is 51.2 Å². The molecule has 0 bridgehead atoms. The van der Waals surface area contributed by atoms with E-state index < -0.39 is 16.2 Å². The normalized spacial score (nSPS) is 11.0. The first-order valence-electron chi connectivity index (χ1n) is 6.78. The maximum Gasteiger partial charge on any atom is 0.339 e. The zero-order valence-corrected chi connectivity index (χ0v) is 16.0. The van der Waals surface area contributed by atoms with E-state index in [4.69, 9.17) is 27.9 Å². The van der Waals surface area contributed by atoms with Crippen LogP contribution in [0.25, 0.3) is 0 Å². The SMILES string of the molecule is COc1nc(C)nc(N(C)C(=O)NS(=O)(=O)Nc2nc(Cl)ccc2Cl)n1. The van der Waals surface area contributed by atoms with Crippen molar-refractivity contribution in [1.29, 1.82) is 0 Å². The molecular formula is C12H13Cl2N7O4S. The van der Waals surface area contributed by atoms with E-state index in [0.29, 0.717) is 0 Å². The van der Waals surface area contributed by atoms with E-state index in [1.807, 2.05) is 4.72 Å². The second kappa shape index (κ2) is 7.85. The number of ether oxygens (including phenoxy) is 1. The third kappa shape index (κ3) is 5.03. The average molecular weight is 422 g/mol. The highest BCUT2D eigenvalue weighted by molar-refractivity contribution is 7.91. The molecule has 0 saturated heterocycles. The van der Waals surface area contributed by atoms with Crippen LogP contribution in [0, 0.1) is 6.92 Å². The van der Waals surface area contributed by atoms with Gasteiger partial charge in [-0.25, -0.2) is 19.2 Å². The van der Waals surface area contributed by atoms with Crippen LogP contribution in [-0.4, -0.2) is 48.5 Å². The molecule has 26 heavy (non-hydrogen) atoms. The summed E-state index contributed by atoms with van der Waals surface area (Å²) in [5.41, 5.74) is 0. The smallest absolute Gasteiger partial charge is 0.339 e. The lowest BCUT2D eigenvalue weighted by Crippen LogP contribution is -2.44. The first-order valence-corrected chi connectivity index (χ1v) is 9.02. The van der Waals surface area contributed by atoms with Crippen LogP contribution in [0.4, 0.5) is 16.6 Å². The summed E-state index contributed by atoms with van der Waals surface area (Å²) < 4.78 is 32.9. The molecule has 140 valence electrons. The van der Waals surface area contributed by atoms with E-state index >= 15 is 0 Å². The number of hydrogen-bond acceptors (Lipinski definition) is 8. The van der Waals surface area contributed by atoms with Gasteiger partial charge in [0.05, 0.1) is 12.1 Å². The van der Waals surface area contributed by atoms with E-state index in [0.717, 1.165) is 4.90 Å². The van der Waals surface area contributed by atoms with Crippen LogP contribution >= 0.6 is 23.2 Å². The molecule has 2 aromatic rings. The molecule has 0 aromatic carbocycles. The molecule has 0 spiro atoms. The van der Waals surface area contributed by atoms with Crippen LogP contribution in [0.15, 0.2) is 12.1 Å². The van der Waals surface area contributed by atoms with Crippen molar-refractivity contribution in [3.05, 3.63) is 28.1 Å². The molecule has 0 saturated carbocycles. The van der Waals surface area contributed by atoms with Gasteiger partial charge in [0.2, 0.25) is 5.95 Å². The number of carbonyl (C=O) groups excluding carboxylic acids is 1. The number of halogens is 2. The van der Waals surface area contributed by atoms with Gasteiger partial charge in [-0.2, -0.15) is 23.4 Å². The summed E-state index contributed by atoms with van der Waals surface area (Å²) in [5.74, 6) is -0.0665. The van der Waals surface area contributed by atoms with Crippen LogP contribution < -0.4 is 19.1 Å². The number of carbonyl (C=O) groups is 1. The number of nitrogens with one attached hydrogen (secondary N) is 2. The number of hydrogen-bond donors (Lipinski definition) is 2. The van der Waals surface area contributed by atoms with Crippen molar-refractivity contribution in [2.75, 3.05) is 23.8 Å². The molecule has 14 heteroatoms. The highest BCUT2D eigenvalue weighted by Crippen LogP contribution is 2.22. The van der Waals surface area contributed by atoms with E-state index in [9.17, 15) is 13.2 Å². The third-order valence-electron chi connectivity index (χ3n) is 2.77. The number of nitrogens with zero attached hydrogens (tertiary/aromatic N) is 5. The summed E-state index contributed by atoms with van der Waals surface area (Å²) in [7, 11) is -1.74. The first-order chi connectivity index (χ1) is 12.1. The Morgan fingerprint density at radius 2 is 1.88 bits per heavy atom. The van der Waals surface area contributed by atoms with Crippen molar-refractivity contribution in [3.63, 3.8) is 0 Å². The lowest BCUT2D eigenvalue weighted by atomic mass is 10.5. The van der Waals surface area contributed by atoms with E-state index in [2.05, 4.69) is 19.9 Å². The number of pyridine rings is 1. The van der Waals surface area contributed by atoms with Crippen LogP contribution in [-0.2, 0) is 10.2 Å². The minimum absolute atomic E-state index is 0.00148. The van der Waals surface area contributed by atoms with Gasteiger partial charge >= 0.3 is 22.3 Å². The minimum Gasteiger partial charge on any atom is -0.467 e. The number of methoxy groups -OCH3 is 1. The molecular weight excluding hydrogens is 409 g/mol. The lowest BCUT2D eigenvalue weighted by molar-refractivity contribution is 0.252. The van der Waals surface area contributed by atoms with E-state index in [-0.39, 0.29) is 33.8 Å². The van der Waals surface area contributed by atoms with E-state index in [1.54, 1.807) is 11.6 Å². The molecule has 11 nitrogen and oxygen atoms in total. The maximum absolute atomic E-state index is 12.2. The fourth-order valence-corrected chi connectivity index (χ4v) is 2.79. The predicted molar refractivity (Wildman–Crippen MR) is 94.9 cm³/mol. The summed E-state index contributed by atoms with van der Waals surface area (Å²) in [6.45, 7) is 1.56. The van der Waals surface area contributed by atoms with Crippen molar-refractivity contribution in [2.24, 2.45) is 0 Å². The quantitative estimate of drug-likeness (QED) is 0.690. The standard InChI is InChI=1S/C12H13Cl2N7O4S/c1-6-15-10(18-11(16-6)25-3)21(2)12(22)20-26(23,24)19-9-7(13)4-5-8(14)17-9/h4-5H,1-3H3,(H,17,19)(H,20,22). The second-order valence-corrected chi connectivity index (χ2v) is 6.92. The van der Waals surface area contributed by atoms with Crippen molar-refractivity contribution in [2.45, 2.75) is 6.92 Å². The van der Waals surface area contributed by atoms with Gasteiger partial charge < -0.3 is 4.74 Å². The maximum atomic E-state index is 12.2. The Morgan fingerprint density at radius 3 is 2.54 bits per heavy atom. The molecule has 2 N–H and O–H groups in total. The second-order valence-electron chi connectivity index (χ2n) is 4.71. The molecule has 0 atom stereocenters. The minimum atomic E-state index is -4.35. The van der Waals surface area contributed by atoms with Crippen LogP contribution in [0.2, 0.25) is 10.2 Å². The Kier molecular flexibility index (Phi) is 6.00. The van der Waals surface area contributed by atoms with Crippen LogP contribution in [0.3, 0.4) is 0 Å². The number of aromatic nitrogens is 4. The summed E-state index contributed by atoms with van der Waals surface area (Å²) in [5, 5.41) is 0.0155. The molecule has 2 rings (SSSR count). The van der Waals surface area contributed by atoms with E-state index in [1.165, 1.54) is 26.3 Å². The van der Waals surface area contributed by atoms with Crippen LogP contribution in [0.5, 0.6) is 6.01 Å². The van der Waals surface area contributed by atoms with Gasteiger partial charge in [-0.05, 0) is 19.1 Å². The summed E-state index contributed by atoms with van der Waals surface area (Å²) in [6, 6.07) is 1.67. The number of amides is 2. The van der Waals surface area contributed by atoms with Gasteiger partial charge in [0.1, 0.15) is 11.0 Å². The zero-order chi connectivity index (χ0) is 19.5. The molecule has 0 aliphatic carbocycles. The number of anilines is 2. The van der Waals surface area contributed by atoms with Crippen LogP contribution in [0.1, 0.15) is 5.82 Å². The summed E-state index contributed by atoms with van der Waals surface area (Å²) in [6.07, 6.45) is 0. The Labute approximate surface area is 158 Å². The highest BCUT2D eigenvalue weighted by Gasteiger charge is 2.22. The fourth-order valence-electron chi connectivity index (χ4n) is 1.60. The van der Waals surface area contributed by atoms with Crippen molar-refractivity contribution in [1.82, 2.24) is 24.7 Å². The predicted octanol–water partition coefficient (Wildman–Crippen LogP) is 1.39. The average Bonchev–Trinajstić information content (AvgIpc) is 2.56.